The highest BCUT2D eigenvalue weighted by Crippen LogP contribution is 2.04. The average Bonchev–Trinajstić information content (AvgIpc) is 2.26. The SMILES string of the molecule is CN(C)c1cnn(CCCCCN)c(=O)c1. The molecule has 0 saturated heterocycles. The second-order valence-electron chi connectivity index (χ2n) is 4.02. The van der Waals surface area contributed by atoms with Crippen molar-refractivity contribution in [2.24, 2.45) is 5.73 Å². The quantitative estimate of drug-likeness (QED) is 0.712. The molecule has 0 saturated carbocycles. The Morgan fingerprint density at radius 1 is 1.38 bits per heavy atom. The number of unbranched alkanes of at least 4 members (excludes halogenated alkanes) is 2. The molecule has 0 bridgehead atoms. The van der Waals surface area contributed by atoms with Gasteiger partial charge < -0.3 is 10.6 Å². The first kappa shape index (κ1) is 12.7. The Morgan fingerprint density at radius 2 is 2.12 bits per heavy atom. The van der Waals surface area contributed by atoms with Crippen molar-refractivity contribution >= 4 is 5.69 Å². The molecule has 0 unspecified atom stereocenters. The smallest absolute Gasteiger partial charge is 0.268 e. The van der Waals surface area contributed by atoms with Gasteiger partial charge in [-0.2, -0.15) is 5.10 Å². The van der Waals surface area contributed by atoms with E-state index in [4.69, 9.17) is 5.73 Å². The average molecular weight is 224 g/mol. The zero-order valence-electron chi connectivity index (χ0n) is 10.0. The maximum absolute atomic E-state index is 11.7. The van der Waals surface area contributed by atoms with Gasteiger partial charge in [-0.25, -0.2) is 4.68 Å². The molecule has 0 aliphatic heterocycles. The highest BCUT2D eigenvalue weighted by molar-refractivity contribution is 5.40. The minimum absolute atomic E-state index is 0.0426. The monoisotopic (exact) mass is 224 g/mol. The highest BCUT2D eigenvalue weighted by atomic mass is 16.1. The molecule has 1 rings (SSSR count). The topological polar surface area (TPSA) is 64.2 Å². The zero-order valence-corrected chi connectivity index (χ0v) is 10.0. The van der Waals surface area contributed by atoms with Gasteiger partial charge in [0.1, 0.15) is 0 Å². The van der Waals surface area contributed by atoms with E-state index in [1.807, 2.05) is 19.0 Å². The molecule has 0 atom stereocenters. The van der Waals surface area contributed by atoms with Gasteiger partial charge in [-0.15, -0.1) is 0 Å². The third-order valence-electron chi connectivity index (χ3n) is 2.45. The number of rotatable bonds is 6. The maximum atomic E-state index is 11.7. The third-order valence-corrected chi connectivity index (χ3v) is 2.45. The summed E-state index contributed by atoms with van der Waals surface area (Å²) in [4.78, 5) is 13.5. The Hall–Kier alpha value is -1.36. The lowest BCUT2D eigenvalue weighted by Gasteiger charge is -2.12. The molecule has 90 valence electrons. The van der Waals surface area contributed by atoms with Crippen LogP contribution in [-0.2, 0) is 6.54 Å². The molecule has 0 radical (unpaired) electrons. The lowest BCUT2D eigenvalue weighted by atomic mass is 10.2. The first-order valence-electron chi connectivity index (χ1n) is 5.59. The van der Waals surface area contributed by atoms with Gasteiger partial charge in [0.2, 0.25) is 0 Å². The van der Waals surface area contributed by atoms with Crippen molar-refractivity contribution in [3.05, 3.63) is 22.6 Å². The Bertz CT molecular complexity index is 372. The maximum Gasteiger partial charge on any atom is 0.268 e. The largest absolute Gasteiger partial charge is 0.376 e. The molecule has 0 aromatic carbocycles. The van der Waals surface area contributed by atoms with Crippen LogP contribution in [0.25, 0.3) is 0 Å². The van der Waals surface area contributed by atoms with E-state index in [2.05, 4.69) is 5.10 Å². The van der Waals surface area contributed by atoms with Gasteiger partial charge in [-0.3, -0.25) is 4.79 Å². The number of nitrogens with zero attached hydrogens (tertiary/aromatic N) is 3. The number of anilines is 1. The van der Waals surface area contributed by atoms with Gasteiger partial charge >= 0.3 is 0 Å². The molecule has 1 aromatic heterocycles. The zero-order chi connectivity index (χ0) is 12.0. The summed E-state index contributed by atoms with van der Waals surface area (Å²) in [5.41, 5.74) is 6.20. The molecule has 5 nitrogen and oxygen atoms in total. The Balaban J connectivity index is 2.58. The lowest BCUT2D eigenvalue weighted by Crippen LogP contribution is -2.24. The molecule has 0 amide bonds. The first-order valence-corrected chi connectivity index (χ1v) is 5.59. The van der Waals surface area contributed by atoms with Crippen molar-refractivity contribution in [1.29, 1.82) is 0 Å². The van der Waals surface area contributed by atoms with Crippen LogP contribution in [0.15, 0.2) is 17.1 Å². The van der Waals surface area contributed by atoms with Crippen molar-refractivity contribution in [1.82, 2.24) is 9.78 Å². The van der Waals surface area contributed by atoms with Crippen molar-refractivity contribution in [2.75, 3.05) is 25.5 Å². The van der Waals surface area contributed by atoms with Gasteiger partial charge in [0, 0.05) is 26.7 Å². The predicted octanol–water partition coefficient (Wildman–Crippen LogP) is 0.438. The summed E-state index contributed by atoms with van der Waals surface area (Å²) in [7, 11) is 3.78. The Labute approximate surface area is 95.9 Å². The van der Waals surface area contributed by atoms with E-state index in [0.717, 1.165) is 24.9 Å². The summed E-state index contributed by atoms with van der Waals surface area (Å²) in [6, 6.07) is 1.61. The van der Waals surface area contributed by atoms with Gasteiger partial charge in [-0.05, 0) is 19.4 Å². The molecule has 0 aliphatic carbocycles. The van der Waals surface area contributed by atoms with Crippen molar-refractivity contribution in [3.63, 3.8) is 0 Å². The number of aryl methyl sites for hydroxylation is 1. The second kappa shape index (κ2) is 6.27. The molecular weight excluding hydrogens is 204 g/mol. The van der Waals surface area contributed by atoms with Crippen LogP contribution >= 0.6 is 0 Å². The standard InChI is InChI=1S/C11H20N4O/c1-14(2)10-8-11(16)15(13-9-10)7-5-3-4-6-12/h8-9H,3-7,12H2,1-2H3. The minimum Gasteiger partial charge on any atom is -0.376 e. The molecule has 1 heterocycles. The third kappa shape index (κ3) is 3.66. The summed E-state index contributed by atoms with van der Waals surface area (Å²) in [6.07, 6.45) is 4.71. The van der Waals surface area contributed by atoms with Crippen molar-refractivity contribution in [3.8, 4) is 0 Å². The summed E-state index contributed by atoms with van der Waals surface area (Å²) in [5.74, 6) is 0. The fraction of sp³-hybridized carbons (Fsp3) is 0.636. The van der Waals surface area contributed by atoms with Crippen LogP contribution in [0.2, 0.25) is 0 Å². The van der Waals surface area contributed by atoms with Gasteiger partial charge in [-0.1, -0.05) is 6.42 Å². The minimum atomic E-state index is -0.0426. The van der Waals surface area contributed by atoms with Crippen molar-refractivity contribution in [2.45, 2.75) is 25.8 Å². The predicted molar refractivity (Wildman–Crippen MR) is 65.7 cm³/mol. The van der Waals surface area contributed by atoms with Crippen LogP contribution in [0.3, 0.4) is 0 Å². The number of aromatic nitrogens is 2. The van der Waals surface area contributed by atoms with Gasteiger partial charge in [0.25, 0.3) is 5.56 Å². The second-order valence-corrected chi connectivity index (χ2v) is 4.02. The van der Waals surface area contributed by atoms with Crippen molar-refractivity contribution < 1.29 is 0 Å². The molecule has 0 fully saturated rings. The normalized spacial score (nSPS) is 10.4. The molecule has 5 heteroatoms. The van der Waals surface area contributed by atoms with E-state index in [9.17, 15) is 4.79 Å². The molecule has 1 aromatic rings. The Kier molecular flexibility index (Phi) is 4.98. The van der Waals surface area contributed by atoms with Crippen LogP contribution in [0, 0.1) is 0 Å². The number of hydrogen-bond acceptors (Lipinski definition) is 4. The van der Waals surface area contributed by atoms with E-state index in [-0.39, 0.29) is 5.56 Å². The molecule has 16 heavy (non-hydrogen) atoms. The van der Waals surface area contributed by atoms with Crippen LogP contribution in [-0.4, -0.2) is 30.4 Å². The van der Waals surface area contributed by atoms with E-state index in [0.29, 0.717) is 13.1 Å². The van der Waals surface area contributed by atoms with E-state index in [1.165, 1.54) is 4.68 Å². The van der Waals surface area contributed by atoms with Crippen LogP contribution in [0.4, 0.5) is 5.69 Å². The van der Waals surface area contributed by atoms with Gasteiger partial charge in [0.05, 0.1) is 11.9 Å². The number of nitrogens with two attached hydrogens (primary N) is 1. The molecular formula is C11H20N4O. The van der Waals surface area contributed by atoms with E-state index in [1.54, 1.807) is 12.3 Å². The molecule has 2 N–H and O–H groups in total. The van der Waals surface area contributed by atoms with Crippen LogP contribution in [0.5, 0.6) is 0 Å². The highest BCUT2D eigenvalue weighted by Gasteiger charge is 2.01. The summed E-state index contributed by atoms with van der Waals surface area (Å²) < 4.78 is 1.50. The summed E-state index contributed by atoms with van der Waals surface area (Å²) >= 11 is 0. The Morgan fingerprint density at radius 3 is 2.69 bits per heavy atom. The van der Waals surface area contributed by atoms with Gasteiger partial charge in [0.15, 0.2) is 0 Å². The van der Waals surface area contributed by atoms with Crippen LogP contribution < -0.4 is 16.2 Å². The first-order chi connectivity index (χ1) is 7.65. The summed E-state index contributed by atoms with van der Waals surface area (Å²) in [5, 5.41) is 4.13. The number of hydrogen-bond donors (Lipinski definition) is 1. The summed E-state index contributed by atoms with van der Waals surface area (Å²) in [6.45, 7) is 1.38. The molecule has 0 spiro atoms. The molecule has 0 aliphatic rings. The fourth-order valence-electron chi connectivity index (χ4n) is 1.42. The lowest BCUT2D eigenvalue weighted by molar-refractivity contribution is 0.523. The fourth-order valence-corrected chi connectivity index (χ4v) is 1.42. The van der Waals surface area contributed by atoms with E-state index < -0.39 is 0 Å². The van der Waals surface area contributed by atoms with E-state index >= 15 is 0 Å². The van der Waals surface area contributed by atoms with Crippen LogP contribution in [0.1, 0.15) is 19.3 Å².